The zero-order chi connectivity index (χ0) is 15.8. The van der Waals surface area contributed by atoms with Crippen molar-refractivity contribution in [3.63, 3.8) is 0 Å². The number of hydrogen-bond acceptors (Lipinski definition) is 1. The van der Waals surface area contributed by atoms with Gasteiger partial charge in [-0.2, -0.15) is 26.3 Å². The lowest BCUT2D eigenvalue weighted by atomic mass is 9.96. The van der Waals surface area contributed by atoms with Gasteiger partial charge in [-0.3, -0.25) is 0 Å². The number of benzene rings is 1. The van der Waals surface area contributed by atoms with Crippen LogP contribution in [0, 0.1) is 0 Å². The van der Waals surface area contributed by atoms with E-state index < -0.39 is 39.8 Å². The molecular weight excluding hydrogens is 320 g/mol. The van der Waals surface area contributed by atoms with Crippen molar-refractivity contribution in [1.82, 2.24) is 4.98 Å². The smallest absolute Gasteiger partial charge is 0.244 e. The summed E-state index contributed by atoms with van der Waals surface area (Å²) < 4.78 is 77.8. The molecular formula is C13H6ClF6N. The van der Waals surface area contributed by atoms with Crippen molar-refractivity contribution in [3.8, 4) is 11.1 Å². The summed E-state index contributed by atoms with van der Waals surface area (Å²) in [7, 11) is 0. The molecule has 0 atom stereocenters. The third kappa shape index (κ3) is 3.12. The summed E-state index contributed by atoms with van der Waals surface area (Å²) in [6.07, 6.45) is -8.86. The third-order valence-electron chi connectivity index (χ3n) is 2.71. The van der Waals surface area contributed by atoms with Crippen LogP contribution in [0.3, 0.4) is 0 Å². The van der Waals surface area contributed by atoms with E-state index in [1.807, 2.05) is 0 Å². The lowest BCUT2D eigenvalue weighted by molar-refractivity contribution is -0.139. The van der Waals surface area contributed by atoms with Gasteiger partial charge in [-0.1, -0.05) is 29.8 Å². The summed E-state index contributed by atoms with van der Waals surface area (Å²) in [5, 5.41) is -0.637. The minimum absolute atomic E-state index is 0.592. The Hall–Kier alpha value is -1.76. The highest BCUT2D eigenvalue weighted by atomic mass is 35.5. The van der Waals surface area contributed by atoms with E-state index in [1.54, 1.807) is 0 Å². The molecule has 21 heavy (non-hydrogen) atoms. The lowest BCUT2D eigenvalue weighted by Crippen LogP contribution is -2.12. The van der Waals surface area contributed by atoms with Gasteiger partial charge in [-0.25, -0.2) is 4.98 Å². The maximum absolute atomic E-state index is 13.0. The maximum atomic E-state index is 13.0. The minimum Gasteiger partial charge on any atom is -0.244 e. The van der Waals surface area contributed by atoms with Gasteiger partial charge >= 0.3 is 12.4 Å². The van der Waals surface area contributed by atoms with Crippen LogP contribution in [-0.2, 0) is 12.4 Å². The molecule has 1 aromatic heterocycles. The molecule has 0 bridgehead atoms. The van der Waals surface area contributed by atoms with Gasteiger partial charge in [0.05, 0.1) is 11.1 Å². The van der Waals surface area contributed by atoms with E-state index in [1.165, 1.54) is 6.07 Å². The Labute approximate surface area is 120 Å². The molecule has 0 radical (unpaired) electrons. The zero-order valence-electron chi connectivity index (χ0n) is 10.1. The van der Waals surface area contributed by atoms with Crippen LogP contribution >= 0.6 is 11.6 Å². The summed E-state index contributed by atoms with van der Waals surface area (Å²) in [5.74, 6) is 0. The molecule has 0 fully saturated rings. The first-order valence-corrected chi connectivity index (χ1v) is 5.88. The van der Waals surface area contributed by atoms with Gasteiger partial charge in [0.1, 0.15) is 5.15 Å². The van der Waals surface area contributed by atoms with E-state index in [2.05, 4.69) is 4.98 Å². The second kappa shape index (κ2) is 5.22. The van der Waals surface area contributed by atoms with Crippen LogP contribution in [0.25, 0.3) is 11.1 Å². The first kappa shape index (κ1) is 15.6. The van der Waals surface area contributed by atoms with Gasteiger partial charge in [0.15, 0.2) is 0 Å². The fraction of sp³-hybridized carbons (Fsp3) is 0.154. The Balaban J connectivity index is 2.81. The number of halogens is 7. The molecule has 0 aliphatic rings. The highest BCUT2D eigenvalue weighted by Crippen LogP contribution is 2.44. The molecule has 112 valence electrons. The summed E-state index contributed by atoms with van der Waals surface area (Å²) in [5.41, 5.74) is -3.90. The number of pyridine rings is 1. The number of aromatic nitrogens is 1. The fourth-order valence-electron chi connectivity index (χ4n) is 1.88. The Morgan fingerprint density at radius 2 is 1.38 bits per heavy atom. The van der Waals surface area contributed by atoms with Gasteiger partial charge < -0.3 is 0 Å². The van der Waals surface area contributed by atoms with Crippen LogP contribution in [0.15, 0.2) is 36.5 Å². The largest absolute Gasteiger partial charge is 0.417 e. The first-order valence-electron chi connectivity index (χ1n) is 5.50. The number of alkyl halides is 6. The van der Waals surface area contributed by atoms with Crippen LogP contribution in [0.2, 0.25) is 5.15 Å². The molecule has 0 N–H and O–H groups in total. The molecule has 0 aliphatic carbocycles. The van der Waals surface area contributed by atoms with Crippen molar-refractivity contribution >= 4 is 11.6 Å². The van der Waals surface area contributed by atoms with E-state index in [9.17, 15) is 26.3 Å². The molecule has 1 aromatic carbocycles. The van der Waals surface area contributed by atoms with Crippen LogP contribution in [0.5, 0.6) is 0 Å². The van der Waals surface area contributed by atoms with Crippen LogP contribution in [-0.4, -0.2) is 4.98 Å². The molecule has 0 unspecified atom stereocenters. The SMILES string of the molecule is FC(F)(F)c1ccccc1-c1c(C(F)(F)F)ccnc1Cl. The van der Waals surface area contributed by atoms with Crippen LogP contribution in [0.4, 0.5) is 26.3 Å². The van der Waals surface area contributed by atoms with Crippen molar-refractivity contribution in [3.05, 3.63) is 52.8 Å². The average Bonchev–Trinajstić information content (AvgIpc) is 2.36. The topological polar surface area (TPSA) is 12.9 Å². The van der Waals surface area contributed by atoms with E-state index >= 15 is 0 Å². The summed E-state index contributed by atoms with van der Waals surface area (Å²) in [6.45, 7) is 0. The van der Waals surface area contributed by atoms with Gasteiger partial charge in [0.2, 0.25) is 0 Å². The maximum Gasteiger partial charge on any atom is 0.417 e. The van der Waals surface area contributed by atoms with Gasteiger partial charge in [0, 0.05) is 11.8 Å². The monoisotopic (exact) mass is 325 g/mol. The molecule has 2 aromatic rings. The Bertz CT molecular complexity index is 662. The predicted octanol–water partition coefficient (Wildman–Crippen LogP) is 5.44. The standard InChI is InChI=1S/C13H6ClF6N/c14-11-10(9(5-6-21-11)13(18,19)20)7-3-1-2-4-8(7)12(15,16)17/h1-6H. The van der Waals surface area contributed by atoms with E-state index in [4.69, 9.17) is 11.6 Å². The second-order valence-electron chi connectivity index (χ2n) is 4.07. The predicted molar refractivity (Wildman–Crippen MR) is 64.7 cm³/mol. The summed E-state index contributed by atoms with van der Waals surface area (Å²) in [6, 6.07) is 4.51. The molecule has 0 aliphatic heterocycles. The Morgan fingerprint density at radius 3 is 1.95 bits per heavy atom. The Kier molecular flexibility index (Phi) is 3.88. The average molecular weight is 326 g/mol. The molecule has 8 heteroatoms. The molecule has 0 amide bonds. The van der Waals surface area contributed by atoms with Crippen LogP contribution in [0.1, 0.15) is 11.1 Å². The second-order valence-corrected chi connectivity index (χ2v) is 4.42. The fourth-order valence-corrected chi connectivity index (χ4v) is 2.14. The summed E-state index contributed by atoms with van der Waals surface area (Å²) in [4.78, 5) is 3.45. The van der Waals surface area contributed by atoms with Crippen molar-refractivity contribution in [2.45, 2.75) is 12.4 Å². The molecule has 0 saturated heterocycles. The van der Waals surface area contributed by atoms with Crippen molar-refractivity contribution in [1.29, 1.82) is 0 Å². The minimum atomic E-state index is -4.85. The van der Waals surface area contributed by atoms with E-state index in [-0.39, 0.29) is 0 Å². The molecule has 1 heterocycles. The van der Waals surface area contributed by atoms with Crippen molar-refractivity contribution in [2.24, 2.45) is 0 Å². The van der Waals surface area contributed by atoms with Crippen molar-refractivity contribution < 1.29 is 26.3 Å². The number of hydrogen-bond donors (Lipinski definition) is 0. The molecule has 0 saturated carbocycles. The highest BCUT2D eigenvalue weighted by Gasteiger charge is 2.39. The number of rotatable bonds is 1. The normalized spacial score (nSPS) is 12.5. The van der Waals surface area contributed by atoms with E-state index in [0.717, 1.165) is 18.3 Å². The first-order chi connectivity index (χ1) is 9.62. The van der Waals surface area contributed by atoms with Crippen molar-refractivity contribution in [2.75, 3.05) is 0 Å². The van der Waals surface area contributed by atoms with Gasteiger partial charge in [-0.05, 0) is 17.7 Å². The third-order valence-corrected chi connectivity index (χ3v) is 3.00. The Morgan fingerprint density at radius 1 is 0.810 bits per heavy atom. The molecule has 1 nitrogen and oxygen atoms in total. The molecule has 2 rings (SSSR count). The lowest BCUT2D eigenvalue weighted by Gasteiger charge is -2.17. The molecule has 0 spiro atoms. The van der Waals surface area contributed by atoms with Gasteiger partial charge in [0.25, 0.3) is 0 Å². The van der Waals surface area contributed by atoms with Crippen LogP contribution < -0.4 is 0 Å². The highest BCUT2D eigenvalue weighted by molar-refractivity contribution is 6.32. The zero-order valence-corrected chi connectivity index (χ0v) is 10.8. The van der Waals surface area contributed by atoms with E-state index in [0.29, 0.717) is 12.1 Å². The number of nitrogens with zero attached hydrogens (tertiary/aromatic N) is 1. The summed E-state index contributed by atoms with van der Waals surface area (Å²) >= 11 is 5.61. The quantitative estimate of drug-likeness (QED) is 0.502. The van der Waals surface area contributed by atoms with Gasteiger partial charge in [-0.15, -0.1) is 0 Å².